The van der Waals surface area contributed by atoms with Gasteiger partial charge in [-0.15, -0.1) is 0 Å². The van der Waals surface area contributed by atoms with Crippen molar-refractivity contribution in [2.45, 2.75) is 69.8 Å². The lowest BCUT2D eigenvalue weighted by atomic mass is 9.71. The Labute approximate surface area is 200 Å². The number of ketones is 1. The molecule has 0 radical (unpaired) electrons. The second kappa shape index (κ2) is 9.49. The van der Waals surface area contributed by atoms with E-state index in [-0.39, 0.29) is 29.5 Å². The number of carbonyl (C=O) groups is 2. The molecule has 1 aliphatic heterocycles. The summed E-state index contributed by atoms with van der Waals surface area (Å²) in [5.74, 6) is -0.681. The molecular formula is C29H31NO4. The molecule has 176 valence electrons. The lowest BCUT2D eigenvalue weighted by Gasteiger charge is -2.37. The zero-order valence-electron chi connectivity index (χ0n) is 19.5. The highest BCUT2D eigenvalue weighted by molar-refractivity contribution is 6.04. The minimum Gasteiger partial charge on any atom is -0.508 e. The molecule has 0 spiro atoms. The van der Waals surface area contributed by atoms with Gasteiger partial charge in [0.1, 0.15) is 11.9 Å². The first kappa shape index (κ1) is 22.5. The van der Waals surface area contributed by atoms with E-state index in [2.05, 4.69) is 17.4 Å². The fourth-order valence-corrected chi connectivity index (χ4v) is 5.71. The van der Waals surface area contributed by atoms with Gasteiger partial charge in [-0.1, -0.05) is 48.9 Å². The number of carbonyl (C=O) groups excluding carboxylic acids is 2. The number of benzene rings is 2. The summed E-state index contributed by atoms with van der Waals surface area (Å²) >= 11 is 0. The van der Waals surface area contributed by atoms with Crippen LogP contribution in [-0.4, -0.2) is 23.0 Å². The summed E-state index contributed by atoms with van der Waals surface area (Å²) < 4.78 is 5.96. The Kier molecular flexibility index (Phi) is 6.27. The summed E-state index contributed by atoms with van der Waals surface area (Å²) in [7, 11) is 0. The zero-order valence-corrected chi connectivity index (χ0v) is 19.5. The van der Waals surface area contributed by atoms with E-state index in [1.165, 1.54) is 6.42 Å². The topological polar surface area (TPSA) is 75.6 Å². The standard InChI is InChI=1S/C29H31NO4/c1-18-26(29(33)34-23-13-6-3-7-14-23)27(20-11-8-12-22(31)15-20)28-24(30-18)16-21(17-25(28)32)19-9-4-2-5-10-19/h2,4-5,8-12,15,21,23,27,30-31H,3,6-7,13-14,16-17H2,1H3/t21-,27+/m1/s1. The molecule has 2 aliphatic carbocycles. The number of esters is 1. The molecule has 2 N–H and O–H groups in total. The monoisotopic (exact) mass is 457 g/mol. The van der Waals surface area contributed by atoms with E-state index < -0.39 is 5.92 Å². The predicted octanol–water partition coefficient (Wildman–Crippen LogP) is 5.63. The predicted molar refractivity (Wildman–Crippen MR) is 130 cm³/mol. The van der Waals surface area contributed by atoms with Gasteiger partial charge in [-0.3, -0.25) is 4.79 Å². The highest BCUT2D eigenvalue weighted by Gasteiger charge is 2.42. The van der Waals surface area contributed by atoms with E-state index in [1.54, 1.807) is 18.2 Å². The van der Waals surface area contributed by atoms with Crippen molar-refractivity contribution in [3.8, 4) is 5.75 Å². The van der Waals surface area contributed by atoms with Gasteiger partial charge in [0.2, 0.25) is 0 Å². The maximum Gasteiger partial charge on any atom is 0.337 e. The Morgan fingerprint density at radius 2 is 1.71 bits per heavy atom. The van der Waals surface area contributed by atoms with Crippen LogP contribution in [-0.2, 0) is 14.3 Å². The molecule has 5 rings (SSSR count). The minimum atomic E-state index is -0.552. The summed E-state index contributed by atoms with van der Waals surface area (Å²) in [6.07, 6.45) is 6.09. The maximum absolute atomic E-state index is 13.6. The highest BCUT2D eigenvalue weighted by Crippen LogP contribution is 2.46. The Balaban J connectivity index is 1.53. The van der Waals surface area contributed by atoms with Crippen molar-refractivity contribution >= 4 is 11.8 Å². The first-order valence-electron chi connectivity index (χ1n) is 12.3. The molecule has 1 heterocycles. The molecule has 0 unspecified atom stereocenters. The fraction of sp³-hybridized carbons (Fsp3) is 0.379. The van der Waals surface area contributed by atoms with E-state index in [0.29, 0.717) is 24.0 Å². The first-order chi connectivity index (χ1) is 16.5. The van der Waals surface area contributed by atoms with Gasteiger partial charge >= 0.3 is 5.97 Å². The quantitative estimate of drug-likeness (QED) is 0.582. The third kappa shape index (κ3) is 4.39. The molecule has 0 amide bonds. The van der Waals surface area contributed by atoms with Crippen LogP contribution in [0.15, 0.2) is 77.1 Å². The van der Waals surface area contributed by atoms with Crippen molar-refractivity contribution in [1.29, 1.82) is 0 Å². The SMILES string of the molecule is CC1=C(C(=O)OC2CCCCC2)[C@H](c2cccc(O)c2)C2=C(C[C@@H](c3ccccc3)CC2=O)N1. The number of rotatable bonds is 4. The number of aromatic hydroxyl groups is 1. The summed E-state index contributed by atoms with van der Waals surface area (Å²) in [5, 5.41) is 13.6. The third-order valence-electron chi connectivity index (χ3n) is 7.35. The smallest absolute Gasteiger partial charge is 0.337 e. The average molecular weight is 458 g/mol. The van der Waals surface area contributed by atoms with Crippen molar-refractivity contribution in [1.82, 2.24) is 5.32 Å². The summed E-state index contributed by atoms with van der Waals surface area (Å²) in [4.78, 5) is 27.1. The van der Waals surface area contributed by atoms with Gasteiger partial charge in [0.05, 0.1) is 5.57 Å². The number of ether oxygens (including phenoxy) is 1. The Bertz CT molecular complexity index is 1160. The van der Waals surface area contributed by atoms with Gasteiger partial charge in [-0.25, -0.2) is 4.79 Å². The van der Waals surface area contributed by atoms with E-state index in [0.717, 1.165) is 48.2 Å². The van der Waals surface area contributed by atoms with Gasteiger partial charge in [0, 0.05) is 29.3 Å². The molecule has 1 fully saturated rings. The van der Waals surface area contributed by atoms with Crippen LogP contribution in [0.4, 0.5) is 0 Å². The second-order valence-electron chi connectivity index (χ2n) is 9.69. The first-order valence-corrected chi connectivity index (χ1v) is 12.3. The Hall–Kier alpha value is -3.34. The number of nitrogens with one attached hydrogen (secondary N) is 1. The minimum absolute atomic E-state index is 0.0337. The van der Waals surface area contributed by atoms with Crippen LogP contribution in [0.1, 0.15) is 74.8 Å². The van der Waals surface area contributed by atoms with Crippen LogP contribution in [0, 0.1) is 0 Å². The van der Waals surface area contributed by atoms with Crippen LogP contribution in [0.2, 0.25) is 0 Å². The number of phenols is 1. The van der Waals surface area contributed by atoms with Gasteiger partial charge in [0.15, 0.2) is 5.78 Å². The normalized spacial score (nSPS) is 23.4. The van der Waals surface area contributed by atoms with Gasteiger partial charge in [-0.05, 0) is 68.2 Å². The maximum atomic E-state index is 13.6. The molecule has 0 saturated heterocycles. The Morgan fingerprint density at radius 1 is 0.971 bits per heavy atom. The lowest BCUT2D eigenvalue weighted by Crippen LogP contribution is -2.37. The molecule has 0 bridgehead atoms. The van der Waals surface area contributed by atoms with E-state index in [4.69, 9.17) is 4.74 Å². The van der Waals surface area contributed by atoms with Crippen molar-refractivity contribution < 1.29 is 19.4 Å². The molecular weight excluding hydrogens is 426 g/mol. The third-order valence-corrected chi connectivity index (χ3v) is 7.35. The number of phenolic OH excluding ortho intramolecular Hbond substituents is 1. The van der Waals surface area contributed by atoms with Crippen LogP contribution in [0.25, 0.3) is 0 Å². The van der Waals surface area contributed by atoms with Crippen molar-refractivity contribution in [2.24, 2.45) is 0 Å². The molecule has 2 aromatic carbocycles. The number of Topliss-reactive ketones (excluding diaryl/α,β-unsaturated/α-hetero) is 1. The van der Waals surface area contributed by atoms with Crippen LogP contribution in [0.3, 0.4) is 0 Å². The number of hydrogen-bond donors (Lipinski definition) is 2. The lowest BCUT2D eigenvalue weighted by molar-refractivity contribution is -0.146. The number of dihydropyridines is 1. The summed E-state index contributed by atoms with van der Waals surface area (Å²) in [6.45, 7) is 1.88. The fourth-order valence-electron chi connectivity index (χ4n) is 5.71. The molecule has 2 atom stereocenters. The van der Waals surface area contributed by atoms with Gasteiger partial charge < -0.3 is 15.2 Å². The average Bonchev–Trinajstić information content (AvgIpc) is 2.84. The van der Waals surface area contributed by atoms with Crippen LogP contribution >= 0.6 is 0 Å². The van der Waals surface area contributed by atoms with Crippen LogP contribution < -0.4 is 5.32 Å². The largest absolute Gasteiger partial charge is 0.508 e. The zero-order chi connectivity index (χ0) is 23.7. The van der Waals surface area contributed by atoms with E-state index in [9.17, 15) is 14.7 Å². The molecule has 5 nitrogen and oxygen atoms in total. The molecule has 3 aliphatic rings. The molecule has 5 heteroatoms. The Morgan fingerprint density at radius 3 is 2.44 bits per heavy atom. The molecule has 0 aromatic heterocycles. The number of hydrogen-bond acceptors (Lipinski definition) is 5. The second-order valence-corrected chi connectivity index (χ2v) is 9.69. The van der Waals surface area contributed by atoms with Crippen molar-refractivity contribution in [3.63, 3.8) is 0 Å². The van der Waals surface area contributed by atoms with Gasteiger partial charge in [0.25, 0.3) is 0 Å². The molecule has 1 saturated carbocycles. The number of allylic oxidation sites excluding steroid dienone is 3. The van der Waals surface area contributed by atoms with Gasteiger partial charge in [-0.2, -0.15) is 0 Å². The molecule has 34 heavy (non-hydrogen) atoms. The van der Waals surface area contributed by atoms with E-state index in [1.807, 2.05) is 31.2 Å². The summed E-state index contributed by atoms with van der Waals surface area (Å²) in [6, 6.07) is 17.0. The highest BCUT2D eigenvalue weighted by atomic mass is 16.5. The summed E-state index contributed by atoms with van der Waals surface area (Å²) in [5.41, 5.74) is 4.55. The van der Waals surface area contributed by atoms with Crippen molar-refractivity contribution in [3.05, 3.63) is 88.3 Å². The van der Waals surface area contributed by atoms with Crippen LogP contribution in [0.5, 0.6) is 5.75 Å². The van der Waals surface area contributed by atoms with Crippen molar-refractivity contribution in [2.75, 3.05) is 0 Å². The molecule has 2 aromatic rings. The van der Waals surface area contributed by atoms with E-state index >= 15 is 0 Å².